The maximum Gasteiger partial charge on any atom is 0.328 e. The van der Waals surface area contributed by atoms with Crippen molar-refractivity contribution in [2.24, 2.45) is 0 Å². The van der Waals surface area contributed by atoms with E-state index in [0.717, 1.165) is 18.5 Å². The van der Waals surface area contributed by atoms with Gasteiger partial charge in [-0.3, -0.25) is 0 Å². The van der Waals surface area contributed by atoms with Gasteiger partial charge in [0.05, 0.1) is 6.10 Å². The fourth-order valence-electron chi connectivity index (χ4n) is 3.42. The summed E-state index contributed by atoms with van der Waals surface area (Å²) in [7, 11) is 1.96. The number of aryl methyl sites for hydroxylation is 1. The summed E-state index contributed by atoms with van der Waals surface area (Å²) in [6, 6.07) is 7.85. The van der Waals surface area contributed by atoms with Crippen LogP contribution >= 0.6 is 0 Å². The highest BCUT2D eigenvalue weighted by atomic mass is 16.5. The molecule has 0 spiro atoms. The Hall–Kier alpha value is -1.51. The second-order valence-corrected chi connectivity index (χ2v) is 7.94. The predicted molar refractivity (Wildman–Crippen MR) is 116 cm³/mol. The second-order valence-electron chi connectivity index (χ2n) is 7.94. The lowest BCUT2D eigenvalue weighted by molar-refractivity contribution is -0.149. The summed E-state index contributed by atoms with van der Waals surface area (Å²) >= 11 is 0. The van der Waals surface area contributed by atoms with Crippen molar-refractivity contribution in [2.45, 2.75) is 104 Å². The second kappa shape index (κ2) is 13.6. The summed E-state index contributed by atoms with van der Waals surface area (Å²) in [6.45, 7) is 8.26. The molecule has 0 saturated carbocycles. The molecule has 1 aromatic carbocycles. The quantitative estimate of drug-likeness (QED) is 0.268. The predicted octanol–water partition coefficient (Wildman–Crippen LogP) is 6.67. The molecule has 3 nitrogen and oxygen atoms in total. The van der Waals surface area contributed by atoms with Crippen molar-refractivity contribution in [3.63, 3.8) is 0 Å². The number of nitrogens with zero attached hydrogens (tertiary/aromatic N) is 1. The number of ether oxygens (including phenoxy) is 1. The highest BCUT2D eigenvalue weighted by Gasteiger charge is 2.22. The van der Waals surface area contributed by atoms with Crippen LogP contribution in [-0.4, -0.2) is 25.2 Å². The number of carbonyl (C=O) groups is 1. The summed E-state index contributed by atoms with van der Waals surface area (Å²) in [5.41, 5.74) is 2.25. The minimum atomic E-state index is -0.281. The zero-order valence-corrected chi connectivity index (χ0v) is 18.3. The van der Waals surface area contributed by atoms with Crippen LogP contribution in [0.15, 0.2) is 24.3 Å². The van der Waals surface area contributed by atoms with E-state index in [1.165, 1.54) is 56.9 Å². The first-order chi connectivity index (χ1) is 13.0. The van der Waals surface area contributed by atoms with Crippen molar-refractivity contribution in [1.82, 2.24) is 0 Å². The normalized spacial score (nSPS) is 13.2. The van der Waals surface area contributed by atoms with Crippen molar-refractivity contribution in [1.29, 1.82) is 0 Å². The van der Waals surface area contributed by atoms with E-state index in [1.54, 1.807) is 0 Å². The van der Waals surface area contributed by atoms with Gasteiger partial charge in [-0.05, 0) is 45.2 Å². The van der Waals surface area contributed by atoms with Gasteiger partial charge in [-0.15, -0.1) is 0 Å². The fraction of sp³-hybridized carbons (Fsp3) is 0.708. The maximum atomic E-state index is 12.5. The summed E-state index contributed by atoms with van der Waals surface area (Å²) < 4.78 is 5.69. The van der Waals surface area contributed by atoms with Gasteiger partial charge in [0.25, 0.3) is 0 Å². The maximum absolute atomic E-state index is 12.5. The number of anilines is 1. The van der Waals surface area contributed by atoms with Crippen molar-refractivity contribution in [3.05, 3.63) is 29.8 Å². The van der Waals surface area contributed by atoms with Gasteiger partial charge in [0, 0.05) is 12.7 Å². The molecule has 0 fully saturated rings. The SMILES string of the molecule is CCCCCCCCCCCC(C)OC(=O)C(C)N(C)c1ccccc1C. The molecule has 1 aromatic rings. The van der Waals surface area contributed by atoms with Crippen LogP contribution in [0.3, 0.4) is 0 Å². The van der Waals surface area contributed by atoms with Crippen LogP contribution < -0.4 is 4.90 Å². The van der Waals surface area contributed by atoms with E-state index in [9.17, 15) is 4.79 Å². The van der Waals surface area contributed by atoms with E-state index in [1.807, 2.05) is 44.0 Å². The number of carbonyl (C=O) groups excluding carboxylic acids is 1. The monoisotopic (exact) mass is 375 g/mol. The van der Waals surface area contributed by atoms with E-state index in [2.05, 4.69) is 19.9 Å². The van der Waals surface area contributed by atoms with Crippen molar-refractivity contribution >= 4 is 11.7 Å². The third kappa shape index (κ3) is 9.30. The number of hydrogen-bond donors (Lipinski definition) is 0. The first-order valence-corrected chi connectivity index (χ1v) is 11.0. The van der Waals surface area contributed by atoms with Crippen LogP contribution in [-0.2, 0) is 9.53 Å². The van der Waals surface area contributed by atoms with E-state index < -0.39 is 0 Å². The molecule has 154 valence electrons. The van der Waals surface area contributed by atoms with Gasteiger partial charge >= 0.3 is 5.97 Å². The Morgan fingerprint density at radius 3 is 2.11 bits per heavy atom. The van der Waals surface area contributed by atoms with Gasteiger partial charge in [-0.1, -0.05) is 76.5 Å². The molecule has 2 atom stereocenters. The molecule has 3 heteroatoms. The van der Waals surface area contributed by atoms with Crippen molar-refractivity contribution < 1.29 is 9.53 Å². The zero-order valence-electron chi connectivity index (χ0n) is 18.3. The van der Waals surface area contributed by atoms with Crippen molar-refractivity contribution in [2.75, 3.05) is 11.9 Å². The standard InChI is InChI=1S/C24H41NO2/c1-6-7-8-9-10-11-12-13-14-18-21(3)27-24(26)22(4)25(5)23-19-16-15-17-20(23)2/h15-17,19,21-22H,6-14,18H2,1-5H3. The summed E-state index contributed by atoms with van der Waals surface area (Å²) in [5.74, 6) is -0.135. The van der Waals surface area contributed by atoms with Gasteiger partial charge in [-0.2, -0.15) is 0 Å². The van der Waals surface area contributed by atoms with Crippen LogP contribution in [0.5, 0.6) is 0 Å². The molecule has 0 saturated heterocycles. The molecule has 0 heterocycles. The molecule has 2 unspecified atom stereocenters. The number of rotatable bonds is 14. The van der Waals surface area contributed by atoms with Crippen LogP contribution in [0.2, 0.25) is 0 Å². The Balaban J connectivity index is 2.21. The van der Waals surface area contributed by atoms with Gasteiger partial charge in [0.1, 0.15) is 6.04 Å². The molecule has 0 aromatic heterocycles. The topological polar surface area (TPSA) is 29.5 Å². The summed E-state index contributed by atoms with van der Waals surface area (Å²) in [5, 5.41) is 0. The van der Waals surface area contributed by atoms with E-state index in [0.29, 0.717) is 0 Å². The highest BCUT2D eigenvalue weighted by Crippen LogP contribution is 2.21. The Morgan fingerprint density at radius 1 is 0.963 bits per heavy atom. The Morgan fingerprint density at radius 2 is 1.52 bits per heavy atom. The third-order valence-corrected chi connectivity index (χ3v) is 5.45. The van der Waals surface area contributed by atoms with Gasteiger partial charge in [0.2, 0.25) is 0 Å². The molecule has 0 radical (unpaired) electrons. The van der Waals surface area contributed by atoms with E-state index in [4.69, 9.17) is 4.74 Å². The lowest BCUT2D eigenvalue weighted by Crippen LogP contribution is -2.39. The summed E-state index contributed by atoms with van der Waals surface area (Å²) in [4.78, 5) is 14.5. The van der Waals surface area contributed by atoms with Crippen LogP contribution in [0, 0.1) is 6.92 Å². The first kappa shape index (κ1) is 23.5. The lowest BCUT2D eigenvalue weighted by atomic mass is 10.1. The van der Waals surface area contributed by atoms with E-state index in [-0.39, 0.29) is 18.1 Å². The first-order valence-electron chi connectivity index (χ1n) is 11.0. The Kier molecular flexibility index (Phi) is 11.9. The smallest absolute Gasteiger partial charge is 0.328 e. The minimum Gasteiger partial charge on any atom is -0.461 e. The van der Waals surface area contributed by atoms with Crippen molar-refractivity contribution in [3.8, 4) is 0 Å². The molecule has 27 heavy (non-hydrogen) atoms. The molecule has 1 rings (SSSR count). The fourth-order valence-corrected chi connectivity index (χ4v) is 3.42. The highest BCUT2D eigenvalue weighted by molar-refractivity contribution is 5.80. The molecular formula is C24H41NO2. The number of hydrogen-bond acceptors (Lipinski definition) is 3. The number of benzene rings is 1. The molecule has 0 N–H and O–H groups in total. The Bertz CT molecular complexity index is 529. The average Bonchev–Trinajstić information content (AvgIpc) is 2.65. The van der Waals surface area contributed by atoms with Crippen LogP contribution in [0.4, 0.5) is 5.69 Å². The van der Waals surface area contributed by atoms with Crippen LogP contribution in [0.1, 0.15) is 90.5 Å². The lowest BCUT2D eigenvalue weighted by Gasteiger charge is -2.28. The molecule has 0 aliphatic rings. The van der Waals surface area contributed by atoms with Gasteiger partial charge < -0.3 is 9.64 Å². The molecular weight excluding hydrogens is 334 g/mol. The number of esters is 1. The number of para-hydroxylation sites is 1. The zero-order chi connectivity index (χ0) is 20.1. The molecule has 0 aliphatic heterocycles. The van der Waals surface area contributed by atoms with Crippen LogP contribution in [0.25, 0.3) is 0 Å². The number of unbranched alkanes of at least 4 members (excludes halogenated alkanes) is 8. The van der Waals surface area contributed by atoms with Gasteiger partial charge in [-0.25, -0.2) is 4.79 Å². The minimum absolute atomic E-state index is 0.00484. The largest absolute Gasteiger partial charge is 0.461 e. The van der Waals surface area contributed by atoms with E-state index >= 15 is 0 Å². The Labute approximate surface area is 167 Å². The average molecular weight is 376 g/mol. The third-order valence-electron chi connectivity index (χ3n) is 5.45. The molecule has 0 amide bonds. The number of likely N-dealkylation sites (N-methyl/N-ethyl adjacent to an activating group) is 1. The molecule has 0 bridgehead atoms. The molecule has 0 aliphatic carbocycles. The summed E-state index contributed by atoms with van der Waals surface area (Å²) in [6.07, 6.45) is 12.8. The van der Waals surface area contributed by atoms with Gasteiger partial charge in [0.15, 0.2) is 0 Å².